The first-order valence-corrected chi connectivity index (χ1v) is 6.05. The monoisotopic (exact) mass is 269 g/mol. The third kappa shape index (κ3) is 4.37. The second-order valence-electron chi connectivity index (χ2n) is 4.37. The predicted octanol–water partition coefficient (Wildman–Crippen LogP) is 2.63. The van der Waals surface area contributed by atoms with E-state index in [1.807, 2.05) is 0 Å². The van der Waals surface area contributed by atoms with E-state index in [-0.39, 0.29) is 18.2 Å². The van der Waals surface area contributed by atoms with Gasteiger partial charge in [-0.2, -0.15) is 0 Å². The molecule has 1 rings (SSSR count). The average molecular weight is 270 g/mol. The van der Waals surface area contributed by atoms with Crippen LogP contribution in [-0.4, -0.2) is 17.0 Å². The van der Waals surface area contributed by atoms with Crippen LogP contribution in [-0.2, 0) is 9.59 Å². The van der Waals surface area contributed by atoms with E-state index < -0.39 is 12.0 Å². The normalized spacial score (nSPS) is 12.2. The van der Waals surface area contributed by atoms with Crippen LogP contribution in [0.2, 0.25) is 5.02 Å². The Morgan fingerprint density at radius 2 is 1.83 bits per heavy atom. The highest BCUT2D eigenvalue weighted by atomic mass is 35.5. The van der Waals surface area contributed by atoms with Crippen molar-refractivity contribution in [2.24, 2.45) is 5.92 Å². The standard InChI is InChI=1S/C13H16ClNO3/c1-8(2)13(18)15-11(7-12(16)17)9-3-5-10(14)6-4-9/h3-6,8,11H,7H2,1-2H3,(H,15,18)(H,16,17)/t11-/m1/s1. The summed E-state index contributed by atoms with van der Waals surface area (Å²) in [6, 6.07) is 6.25. The molecule has 0 fully saturated rings. The summed E-state index contributed by atoms with van der Waals surface area (Å²) < 4.78 is 0. The number of carboxylic acids is 1. The zero-order valence-electron chi connectivity index (χ0n) is 10.3. The summed E-state index contributed by atoms with van der Waals surface area (Å²) in [6.07, 6.45) is -0.153. The minimum absolute atomic E-state index is 0.153. The molecular weight excluding hydrogens is 254 g/mol. The Labute approximate surface area is 111 Å². The molecule has 0 aliphatic carbocycles. The van der Waals surface area contributed by atoms with Crippen molar-refractivity contribution in [2.45, 2.75) is 26.3 Å². The zero-order chi connectivity index (χ0) is 13.7. The van der Waals surface area contributed by atoms with E-state index in [1.54, 1.807) is 38.1 Å². The maximum Gasteiger partial charge on any atom is 0.305 e. The highest BCUT2D eigenvalue weighted by Gasteiger charge is 2.19. The summed E-state index contributed by atoms with van der Waals surface area (Å²) in [7, 11) is 0. The molecule has 0 aromatic heterocycles. The Balaban J connectivity index is 2.87. The van der Waals surface area contributed by atoms with Crippen LogP contribution in [0.15, 0.2) is 24.3 Å². The van der Waals surface area contributed by atoms with Crippen molar-refractivity contribution in [3.8, 4) is 0 Å². The number of carbonyl (C=O) groups is 2. The SMILES string of the molecule is CC(C)C(=O)N[C@H](CC(=O)O)c1ccc(Cl)cc1. The maximum atomic E-state index is 11.6. The highest BCUT2D eigenvalue weighted by Crippen LogP contribution is 2.20. The minimum atomic E-state index is -0.959. The van der Waals surface area contributed by atoms with Gasteiger partial charge in [0.1, 0.15) is 0 Å². The first-order valence-electron chi connectivity index (χ1n) is 5.67. The molecule has 1 aromatic carbocycles. The van der Waals surface area contributed by atoms with Gasteiger partial charge in [0.25, 0.3) is 0 Å². The molecule has 5 heteroatoms. The largest absolute Gasteiger partial charge is 0.481 e. The molecule has 0 unspecified atom stereocenters. The molecule has 0 radical (unpaired) electrons. The fraction of sp³-hybridized carbons (Fsp3) is 0.385. The van der Waals surface area contributed by atoms with E-state index in [0.29, 0.717) is 5.02 Å². The topological polar surface area (TPSA) is 66.4 Å². The molecule has 1 atom stereocenters. The van der Waals surface area contributed by atoms with Crippen molar-refractivity contribution in [3.05, 3.63) is 34.9 Å². The number of aliphatic carboxylic acids is 1. The van der Waals surface area contributed by atoms with E-state index in [2.05, 4.69) is 5.32 Å². The van der Waals surface area contributed by atoms with Gasteiger partial charge in [0.2, 0.25) is 5.91 Å². The molecule has 0 saturated carbocycles. The number of hydrogen-bond donors (Lipinski definition) is 2. The van der Waals surface area contributed by atoms with Crippen LogP contribution in [0, 0.1) is 5.92 Å². The average Bonchev–Trinajstić information content (AvgIpc) is 2.28. The van der Waals surface area contributed by atoms with E-state index in [0.717, 1.165) is 5.56 Å². The summed E-state index contributed by atoms with van der Waals surface area (Å²) in [6.45, 7) is 3.52. The number of carboxylic acid groups (broad SMARTS) is 1. The molecule has 0 heterocycles. The second-order valence-corrected chi connectivity index (χ2v) is 4.80. The third-order valence-corrected chi connectivity index (χ3v) is 2.74. The van der Waals surface area contributed by atoms with Gasteiger partial charge in [-0.15, -0.1) is 0 Å². The molecule has 1 amide bonds. The van der Waals surface area contributed by atoms with Crippen molar-refractivity contribution in [2.75, 3.05) is 0 Å². The number of amides is 1. The number of carbonyl (C=O) groups excluding carboxylic acids is 1. The lowest BCUT2D eigenvalue weighted by molar-refractivity contribution is -0.137. The smallest absolute Gasteiger partial charge is 0.305 e. The first-order chi connectivity index (χ1) is 8.40. The Morgan fingerprint density at radius 3 is 2.28 bits per heavy atom. The van der Waals surface area contributed by atoms with Gasteiger partial charge in [-0.25, -0.2) is 0 Å². The van der Waals surface area contributed by atoms with Gasteiger partial charge >= 0.3 is 5.97 Å². The summed E-state index contributed by atoms with van der Waals surface area (Å²) in [5, 5.41) is 12.2. The quantitative estimate of drug-likeness (QED) is 0.863. The van der Waals surface area contributed by atoms with E-state index >= 15 is 0 Å². The van der Waals surface area contributed by atoms with Crippen LogP contribution in [0.3, 0.4) is 0 Å². The van der Waals surface area contributed by atoms with Gasteiger partial charge < -0.3 is 10.4 Å². The Hall–Kier alpha value is -1.55. The molecule has 0 aliphatic rings. The lowest BCUT2D eigenvalue weighted by atomic mass is 10.0. The Bertz CT molecular complexity index is 428. The van der Waals surface area contributed by atoms with E-state index in [4.69, 9.17) is 16.7 Å². The number of halogens is 1. The number of rotatable bonds is 5. The van der Waals surface area contributed by atoms with Gasteiger partial charge in [0.15, 0.2) is 0 Å². The third-order valence-electron chi connectivity index (χ3n) is 2.49. The van der Waals surface area contributed by atoms with Gasteiger partial charge in [-0.05, 0) is 17.7 Å². The molecule has 4 nitrogen and oxygen atoms in total. The summed E-state index contributed by atoms with van der Waals surface area (Å²) in [5.41, 5.74) is 0.732. The summed E-state index contributed by atoms with van der Waals surface area (Å²) >= 11 is 5.77. The first kappa shape index (κ1) is 14.5. The number of hydrogen-bond acceptors (Lipinski definition) is 2. The fourth-order valence-corrected chi connectivity index (χ4v) is 1.59. The van der Waals surface area contributed by atoms with E-state index in [1.165, 1.54) is 0 Å². The summed E-state index contributed by atoms with van der Waals surface area (Å²) in [5.74, 6) is -1.32. The van der Waals surface area contributed by atoms with Crippen LogP contribution < -0.4 is 5.32 Å². The molecule has 1 aromatic rings. The van der Waals surface area contributed by atoms with Crippen LogP contribution in [0.1, 0.15) is 31.9 Å². The Morgan fingerprint density at radius 1 is 1.28 bits per heavy atom. The highest BCUT2D eigenvalue weighted by molar-refractivity contribution is 6.30. The molecule has 0 spiro atoms. The minimum Gasteiger partial charge on any atom is -0.481 e. The number of nitrogens with one attached hydrogen (secondary N) is 1. The molecule has 18 heavy (non-hydrogen) atoms. The zero-order valence-corrected chi connectivity index (χ0v) is 11.1. The van der Waals surface area contributed by atoms with Crippen LogP contribution in [0.5, 0.6) is 0 Å². The van der Waals surface area contributed by atoms with Crippen LogP contribution in [0.4, 0.5) is 0 Å². The van der Waals surface area contributed by atoms with Gasteiger partial charge in [0.05, 0.1) is 12.5 Å². The lowest BCUT2D eigenvalue weighted by Crippen LogP contribution is -2.33. The van der Waals surface area contributed by atoms with Gasteiger partial charge in [-0.1, -0.05) is 37.6 Å². The Kier molecular flexibility index (Phi) is 5.16. The van der Waals surface area contributed by atoms with Crippen molar-refractivity contribution < 1.29 is 14.7 Å². The predicted molar refractivity (Wildman–Crippen MR) is 69.4 cm³/mol. The molecule has 0 bridgehead atoms. The molecule has 0 aliphatic heterocycles. The van der Waals surface area contributed by atoms with Crippen molar-refractivity contribution in [3.63, 3.8) is 0 Å². The van der Waals surface area contributed by atoms with E-state index in [9.17, 15) is 9.59 Å². The lowest BCUT2D eigenvalue weighted by Gasteiger charge is -2.18. The van der Waals surface area contributed by atoms with Crippen molar-refractivity contribution >= 4 is 23.5 Å². The molecule has 98 valence electrons. The summed E-state index contributed by atoms with van der Waals surface area (Å²) in [4.78, 5) is 22.5. The fourth-order valence-electron chi connectivity index (χ4n) is 1.46. The number of benzene rings is 1. The maximum absolute atomic E-state index is 11.6. The van der Waals surface area contributed by atoms with Gasteiger partial charge in [0, 0.05) is 10.9 Å². The molecule has 2 N–H and O–H groups in total. The van der Waals surface area contributed by atoms with Crippen LogP contribution >= 0.6 is 11.6 Å². The second kappa shape index (κ2) is 6.40. The van der Waals surface area contributed by atoms with Crippen LogP contribution in [0.25, 0.3) is 0 Å². The van der Waals surface area contributed by atoms with Gasteiger partial charge in [-0.3, -0.25) is 9.59 Å². The molecular formula is C13H16ClNO3. The van der Waals surface area contributed by atoms with Crippen molar-refractivity contribution in [1.82, 2.24) is 5.32 Å². The molecule has 0 saturated heterocycles. The van der Waals surface area contributed by atoms with Crippen molar-refractivity contribution in [1.29, 1.82) is 0 Å².